The standard InChI is InChI=1S/C24H38FN3O/c1-5-19(4)16-26-23(29)27-14-11-24(12-15-27)17-28(13-10-18(2)3)22(24)20-6-8-21(25)9-7-20/h6-9,18-19,22H,5,10-17H2,1-4H3,(H,26,29)/t19-,22?/m0/s1. The molecule has 2 heterocycles. The minimum atomic E-state index is -0.177. The molecule has 2 atom stereocenters. The first-order valence-electron chi connectivity index (χ1n) is 11.4. The van der Waals surface area contributed by atoms with E-state index in [0.717, 1.165) is 52.0 Å². The number of hydrogen-bond donors (Lipinski definition) is 1. The van der Waals surface area contributed by atoms with E-state index in [0.29, 0.717) is 17.9 Å². The zero-order valence-corrected chi connectivity index (χ0v) is 18.6. The number of carbonyl (C=O) groups is 1. The van der Waals surface area contributed by atoms with Crippen LogP contribution in [0, 0.1) is 23.1 Å². The van der Waals surface area contributed by atoms with E-state index in [9.17, 15) is 9.18 Å². The van der Waals surface area contributed by atoms with Gasteiger partial charge in [-0.15, -0.1) is 0 Å². The van der Waals surface area contributed by atoms with E-state index in [4.69, 9.17) is 0 Å². The summed E-state index contributed by atoms with van der Waals surface area (Å²) in [4.78, 5) is 17.1. The van der Waals surface area contributed by atoms with Gasteiger partial charge in [0.1, 0.15) is 5.82 Å². The summed E-state index contributed by atoms with van der Waals surface area (Å²) in [5.74, 6) is 1.01. The quantitative estimate of drug-likeness (QED) is 0.690. The summed E-state index contributed by atoms with van der Waals surface area (Å²) < 4.78 is 13.5. The van der Waals surface area contributed by atoms with Gasteiger partial charge in [0.05, 0.1) is 0 Å². The predicted octanol–water partition coefficient (Wildman–Crippen LogP) is 5.07. The number of amides is 2. The molecule has 2 saturated heterocycles. The van der Waals surface area contributed by atoms with Crippen molar-refractivity contribution in [1.29, 1.82) is 0 Å². The van der Waals surface area contributed by atoms with Crippen molar-refractivity contribution < 1.29 is 9.18 Å². The Morgan fingerprint density at radius 1 is 1.21 bits per heavy atom. The molecule has 1 aromatic rings. The number of halogens is 1. The van der Waals surface area contributed by atoms with Crippen molar-refractivity contribution in [3.8, 4) is 0 Å². The normalized spacial score (nSPS) is 22.6. The van der Waals surface area contributed by atoms with E-state index >= 15 is 0 Å². The lowest BCUT2D eigenvalue weighted by atomic mass is 9.63. The van der Waals surface area contributed by atoms with E-state index in [2.05, 4.69) is 37.9 Å². The number of likely N-dealkylation sites (tertiary alicyclic amines) is 2. The lowest BCUT2D eigenvalue weighted by Gasteiger charge is -2.61. The summed E-state index contributed by atoms with van der Waals surface area (Å²) in [7, 11) is 0. The van der Waals surface area contributed by atoms with Gasteiger partial charge in [-0.25, -0.2) is 9.18 Å². The lowest BCUT2D eigenvalue weighted by molar-refractivity contribution is -0.109. The number of nitrogens with zero attached hydrogens (tertiary/aromatic N) is 2. The number of rotatable bonds is 7. The Morgan fingerprint density at radius 2 is 1.86 bits per heavy atom. The van der Waals surface area contributed by atoms with Gasteiger partial charge in [0.2, 0.25) is 0 Å². The van der Waals surface area contributed by atoms with Crippen LogP contribution < -0.4 is 5.32 Å². The molecule has 162 valence electrons. The molecule has 2 aliphatic heterocycles. The van der Waals surface area contributed by atoms with Crippen LogP contribution in [0.2, 0.25) is 0 Å². The Labute approximate surface area is 175 Å². The lowest BCUT2D eigenvalue weighted by Crippen LogP contribution is -2.63. The van der Waals surface area contributed by atoms with Crippen LogP contribution in [-0.4, -0.2) is 48.6 Å². The van der Waals surface area contributed by atoms with Crippen molar-refractivity contribution >= 4 is 6.03 Å². The topological polar surface area (TPSA) is 35.6 Å². The SMILES string of the molecule is CC[C@H](C)CNC(=O)N1CCC2(CC1)CN(CCC(C)C)C2c1ccc(F)cc1. The number of piperidine rings is 1. The summed E-state index contributed by atoms with van der Waals surface area (Å²) in [6, 6.07) is 7.49. The zero-order chi connectivity index (χ0) is 21.0. The molecule has 0 saturated carbocycles. The van der Waals surface area contributed by atoms with Crippen LogP contribution >= 0.6 is 0 Å². The highest BCUT2D eigenvalue weighted by atomic mass is 19.1. The van der Waals surface area contributed by atoms with Crippen LogP contribution in [0.4, 0.5) is 9.18 Å². The summed E-state index contributed by atoms with van der Waals surface area (Å²) in [6.45, 7) is 13.4. The van der Waals surface area contributed by atoms with Gasteiger partial charge < -0.3 is 10.2 Å². The van der Waals surface area contributed by atoms with E-state index in [1.54, 1.807) is 12.1 Å². The van der Waals surface area contributed by atoms with E-state index in [1.165, 1.54) is 12.0 Å². The first kappa shape index (κ1) is 22.1. The maximum atomic E-state index is 13.5. The maximum absolute atomic E-state index is 13.5. The van der Waals surface area contributed by atoms with Gasteiger partial charge in [0.25, 0.3) is 0 Å². The number of carbonyl (C=O) groups excluding carboxylic acids is 1. The van der Waals surface area contributed by atoms with Crippen molar-refractivity contribution in [1.82, 2.24) is 15.1 Å². The summed E-state index contributed by atoms with van der Waals surface area (Å²) in [5, 5.41) is 3.09. The van der Waals surface area contributed by atoms with Crippen molar-refractivity contribution in [2.24, 2.45) is 17.3 Å². The molecule has 0 aliphatic carbocycles. The second kappa shape index (κ2) is 9.46. The largest absolute Gasteiger partial charge is 0.338 e. The van der Waals surface area contributed by atoms with Gasteiger partial charge in [0.15, 0.2) is 0 Å². The monoisotopic (exact) mass is 403 g/mol. The third kappa shape index (κ3) is 5.11. The summed E-state index contributed by atoms with van der Waals surface area (Å²) >= 11 is 0. The van der Waals surface area contributed by atoms with Crippen LogP contribution in [0.25, 0.3) is 0 Å². The van der Waals surface area contributed by atoms with Crippen molar-refractivity contribution in [2.75, 3.05) is 32.7 Å². The second-order valence-corrected chi connectivity index (χ2v) is 9.66. The van der Waals surface area contributed by atoms with E-state index < -0.39 is 0 Å². The van der Waals surface area contributed by atoms with Gasteiger partial charge in [-0.05, 0) is 55.3 Å². The molecule has 1 spiro atoms. The van der Waals surface area contributed by atoms with E-state index in [-0.39, 0.29) is 17.3 Å². The average Bonchev–Trinajstić information content (AvgIpc) is 2.70. The van der Waals surface area contributed by atoms with Gasteiger partial charge in [-0.3, -0.25) is 4.90 Å². The predicted molar refractivity (Wildman–Crippen MR) is 116 cm³/mol. The molecule has 4 nitrogen and oxygen atoms in total. The number of hydrogen-bond acceptors (Lipinski definition) is 2. The summed E-state index contributed by atoms with van der Waals surface area (Å²) in [6.07, 6.45) is 4.29. The maximum Gasteiger partial charge on any atom is 0.317 e. The third-order valence-corrected chi connectivity index (χ3v) is 6.99. The fourth-order valence-corrected chi connectivity index (χ4v) is 4.80. The minimum absolute atomic E-state index is 0.0782. The fraction of sp³-hybridized carbons (Fsp3) is 0.708. The number of urea groups is 1. The molecule has 29 heavy (non-hydrogen) atoms. The smallest absolute Gasteiger partial charge is 0.317 e. The molecule has 1 N–H and O–H groups in total. The van der Waals surface area contributed by atoms with Crippen LogP contribution in [0.15, 0.2) is 24.3 Å². The van der Waals surface area contributed by atoms with Crippen LogP contribution in [0.1, 0.15) is 65.0 Å². The minimum Gasteiger partial charge on any atom is -0.338 e. The molecular formula is C24H38FN3O. The highest BCUT2D eigenvalue weighted by Gasteiger charge is 2.53. The zero-order valence-electron chi connectivity index (χ0n) is 18.6. The van der Waals surface area contributed by atoms with Crippen molar-refractivity contribution in [3.05, 3.63) is 35.6 Å². The Hall–Kier alpha value is -1.62. The molecule has 5 heteroatoms. The fourth-order valence-electron chi connectivity index (χ4n) is 4.80. The molecule has 0 aromatic heterocycles. The van der Waals surface area contributed by atoms with Gasteiger partial charge >= 0.3 is 6.03 Å². The van der Waals surface area contributed by atoms with E-state index in [1.807, 2.05) is 17.0 Å². The van der Waals surface area contributed by atoms with Crippen LogP contribution in [-0.2, 0) is 0 Å². The van der Waals surface area contributed by atoms with Gasteiger partial charge in [-0.1, -0.05) is 46.2 Å². The third-order valence-electron chi connectivity index (χ3n) is 6.99. The Morgan fingerprint density at radius 3 is 2.45 bits per heavy atom. The summed E-state index contributed by atoms with van der Waals surface area (Å²) in [5.41, 5.74) is 1.43. The average molecular weight is 404 g/mol. The van der Waals surface area contributed by atoms with Crippen LogP contribution in [0.5, 0.6) is 0 Å². The first-order valence-corrected chi connectivity index (χ1v) is 11.4. The van der Waals surface area contributed by atoms with Crippen molar-refractivity contribution in [3.63, 3.8) is 0 Å². The Balaban J connectivity index is 1.64. The molecule has 2 fully saturated rings. The number of nitrogens with one attached hydrogen (secondary N) is 1. The molecule has 1 aromatic carbocycles. The molecule has 2 amide bonds. The molecule has 0 radical (unpaired) electrons. The molecule has 1 unspecified atom stereocenters. The molecule has 2 aliphatic rings. The van der Waals surface area contributed by atoms with Gasteiger partial charge in [-0.2, -0.15) is 0 Å². The van der Waals surface area contributed by atoms with Crippen molar-refractivity contribution in [2.45, 2.75) is 59.4 Å². The highest BCUT2D eigenvalue weighted by Crippen LogP contribution is 2.55. The molecular weight excluding hydrogens is 365 g/mol. The molecule has 0 bridgehead atoms. The number of benzene rings is 1. The second-order valence-electron chi connectivity index (χ2n) is 9.66. The van der Waals surface area contributed by atoms with Crippen LogP contribution in [0.3, 0.4) is 0 Å². The van der Waals surface area contributed by atoms with Gasteiger partial charge in [0, 0.05) is 37.6 Å². The first-order chi connectivity index (χ1) is 13.8. The highest BCUT2D eigenvalue weighted by molar-refractivity contribution is 5.74. The molecule has 3 rings (SSSR count). The Kier molecular flexibility index (Phi) is 7.20. The Bertz CT molecular complexity index is 667.